The van der Waals surface area contributed by atoms with Crippen LogP contribution in [-0.2, 0) is 0 Å². The average Bonchev–Trinajstić information content (AvgIpc) is 2.77. The highest BCUT2D eigenvalue weighted by molar-refractivity contribution is 5.86. The van der Waals surface area contributed by atoms with Gasteiger partial charge in [-0.25, -0.2) is 14.8 Å². The fourth-order valence-corrected chi connectivity index (χ4v) is 1.83. The lowest BCUT2D eigenvalue weighted by molar-refractivity contribution is 0.0690. The normalized spacial score (nSPS) is 20.1. The fourth-order valence-electron chi connectivity index (χ4n) is 1.83. The molecule has 0 bridgehead atoms. The minimum Gasteiger partial charge on any atom is -0.477 e. The summed E-state index contributed by atoms with van der Waals surface area (Å²) in [5, 5.41) is 17.8. The van der Waals surface area contributed by atoms with E-state index in [9.17, 15) is 4.79 Å². The highest BCUT2D eigenvalue weighted by Crippen LogP contribution is 2.21. The van der Waals surface area contributed by atoms with E-state index in [4.69, 9.17) is 10.2 Å². The standard InChI is InChI=1S/C10H13N3O3/c14-5-7-1-2-13(4-7)9-3-8(10(15)16)11-6-12-9/h3,6-7,14H,1-2,4-5H2,(H,15,16)/t7-/m1/s1. The predicted molar refractivity (Wildman–Crippen MR) is 56.4 cm³/mol. The van der Waals surface area contributed by atoms with E-state index in [1.165, 1.54) is 12.4 Å². The minimum atomic E-state index is -1.05. The molecule has 1 aliphatic heterocycles. The topological polar surface area (TPSA) is 86.5 Å². The zero-order chi connectivity index (χ0) is 11.5. The Labute approximate surface area is 92.6 Å². The molecule has 1 aliphatic rings. The monoisotopic (exact) mass is 223 g/mol. The van der Waals surface area contributed by atoms with Crippen molar-refractivity contribution < 1.29 is 15.0 Å². The van der Waals surface area contributed by atoms with Crippen LogP contribution in [0.1, 0.15) is 16.9 Å². The third kappa shape index (κ3) is 2.11. The van der Waals surface area contributed by atoms with Crippen LogP contribution in [0, 0.1) is 5.92 Å². The number of carbonyl (C=O) groups is 1. The van der Waals surface area contributed by atoms with Crippen LogP contribution >= 0.6 is 0 Å². The van der Waals surface area contributed by atoms with E-state index in [1.54, 1.807) is 0 Å². The summed E-state index contributed by atoms with van der Waals surface area (Å²) in [4.78, 5) is 20.4. The van der Waals surface area contributed by atoms with E-state index in [0.29, 0.717) is 12.4 Å². The Balaban J connectivity index is 2.15. The van der Waals surface area contributed by atoms with Crippen LogP contribution in [0.3, 0.4) is 0 Å². The summed E-state index contributed by atoms with van der Waals surface area (Å²) in [7, 11) is 0. The Kier molecular flexibility index (Phi) is 3.00. The molecule has 2 heterocycles. The van der Waals surface area contributed by atoms with Crippen molar-refractivity contribution in [3.63, 3.8) is 0 Å². The molecular formula is C10H13N3O3. The lowest BCUT2D eigenvalue weighted by Crippen LogP contribution is -2.22. The van der Waals surface area contributed by atoms with E-state index >= 15 is 0 Å². The number of hydrogen-bond acceptors (Lipinski definition) is 5. The van der Waals surface area contributed by atoms with Crippen molar-refractivity contribution in [3.05, 3.63) is 18.1 Å². The van der Waals surface area contributed by atoms with Gasteiger partial charge < -0.3 is 15.1 Å². The van der Waals surface area contributed by atoms with Crippen LogP contribution in [0.5, 0.6) is 0 Å². The lowest BCUT2D eigenvalue weighted by Gasteiger charge is -2.16. The van der Waals surface area contributed by atoms with Gasteiger partial charge in [0.1, 0.15) is 12.1 Å². The number of hydrogen-bond donors (Lipinski definition) is 2. The van der Waals surface area contributed by atoms with Crippen molar-refractivity contribution in [2.45, 2.75) is 6.42 Å². The molecule has 0 unspecified atom stereocenters. The SMILES string of the molecule is O=C(O)c1cc(N2CC[C@@H](CO)C2)ncn1. The third-order valence-corrected chi connectivity index (χ3v) is 2.74. The smallest absolute Gasteiger partial charge is 0.354 e. The largest absolute Gasteiger partial charge is 0.477 e. The van der Waals surface area contributed by atoms with E-state index in [1.807, 2.05) is 4.90 Å². The quantitative estimate of drug-likeness (QED) is 0.749. The summed E-state index contributed by atoms with van der Waals surface area (Å²) in [6, 6.07) is 1.46. The molecule has 0 aliphatic carbocycles. The second kappa shape index (κ2) is 4.44. The van der Waals surface area contributed by atoms with E-state index in [-0.39, 0.29) is 18.2 Å². The maximum atomic E-state index is 10.7. The van der Waals surface area contributed by atoms with Crippen LogP contribution in [0.2, 0.25) is 0 Å². The van der Waals surface area contributed by atoms with Crippen molar-refractivity contribution in [2.75, 3.05) is 24.6 Å². The molecule has 1 fully saturated rings. The number of aromatic carboxylic acids is 1. The van der Waals surface area contributed by atoms with Gasteiger partial charge in [0.15, 0.2) is 5.69 Å². The summed E-state index contributed by atoms with van der Waals surface area (Å²) in [6.07, 6.45) is 2.16. The first-order valence-electron chi connectivity index (χ1n) is 5.12. The first-order valence-corrected chi connectivity index (χ1v) is 5.12. The Morgan fingerprint density at radius 1 is 1.56 bits per heavy atom. The number of aromatic nitrogens is 2. The molecule has 0 amide bonds. The zero-order valence-corrected chi connectivity index (χ0v) is 8.70. The summed E-state index contributed by atoms with van der Waals surface area (Å²) >= 11 is 0. The average molecular weight is 223 g/mol. The molecule has 2 rings (SSSR count). The molecule has 0 spiro atoms. The van der Waals surface area contributed by atoms with Gasteiger partial charge >= 0.3 is 5.97 Å². The van der Waals surface area contributed by atoms with Gasteiger partial charge in [0.05, 0.1) is 0 Å². The first-order chi connectivity index (χ1) is 7.70. The van der Waals surface area contributed by atoms with E-state index < -0.39 is 5.97 Å². The van der Waals surface area contributed by atoms with E-state index in [0.717, 1.165) is 13.0 Å². The number of rotatable bonds is 3. The number of carboxylic acid groups (broad SMARTS) is 1. The van der Waals surface area contributed by atoms with Gasteiger partial charge in [-0.3, -0.25) is 0 Å². The number of aliphatic hydroxyl groups is 1. The summed E-state index contributed by atoms with van der Waals surface area (Å²) in [5.41, 5.74) is -0.00236. The van der Waals surface area contributed by atoms with Crippen LogP contribution < -0.4 is 4.90 Å². The summed E-state index contributed by atoms with van der Waals surface area (Å²) in [6.45, 7) is 1.67. The molecule has 0 aromatic carbocycles. The zero-order valence-electron chi connectivity index (χ0n) is 8.70. The number of carboxylic acids is 1. The number of nitrogens with zero attached hydrogens (tertiary/aromatic N) is 3. The first kappa shape index (κ1) is 10.8. The van der Waals surface area contributed by atoms with Gasteiger partial charge in [0.2, 0.25) is 0 Å². The molecule has 6 nitrogen and oxygen atoms in total. The Hall–Kier alpha value is -1.69. The maximum absolute atomic E-state index is 10.7. The molecule has 16 heavy (non-hydrogen) atoms. The van der Waals surface area contributed by atoms with Crippen molar-refractivity contribution in [1.29, 1.82) is 0 Å². The molecule has 2 N–H and O–H groups in total. The second-order valence-electron chi connectivity index (χ2n) is 3.85. The van der Waals surface area contributed by atoms with Crippen molar-refractivity contribution in [1.82, 2.24) is 9.97 Å². The maximum Gasteiger partial charge on any atom is 0.354 e. The molecule has 86 valence electrons. The fraction of sp³-hybridized carbons (Fsp3) is 0.500. The molecule has 1 aromatic rings. The molecule has 1 aromatic heterocycles. The van der Waals surface area contributed by atoms with Gasteiger partial charge in [-0.1, -0.05) is 0 Å². The summed E-state index contributed by atoms with van der Waals surface area (Å²) in [5.74, 6) is -0.187. The molecule has 1 saturated heterocycles. The lowest BCUT2D eigenvalue weighted by atomic mass is 10.1. The number of anilines is 1. The molecule has 0 radical (unpaired) electrons. The van der Waals surface area contributed by atoms with Crippen LogP contribution in [0.25, 0.3) is 0 Å². The van der Waals surface area contributed by atoms with Gasteiger partial charge in [0.25, 0.3) is 0 Å². The van der Waals surface area contributed by atoms with Gasteiger partial charge in [-0.05, 0) is 6.42 Å². The van der Waals surface area contributed by atoms with Gasteiger partial charge in [-0.15, -0.1) is 0 Å². The van der Waals surface area contributed by atoms with Crippen LogP contribution in [0.15, 0.2) is 12.4 Å². The van der Waals surface area contributed by atoms with Gasteiger partial charge in [-0.2, -0.15) is 0 Å². The predicted octanol–water partition coefficient (Wildman–Crippen LogP) is -0.00660. The van der Waals surface area contributed by atoms with Crippen molar-refractivity contribution >= 4 is 11.8 Å². The van der Waals surface area contributed by atoms with Gasteiger partial charge in [0, 0.05) is 31.7 Å². The minimum absolute atomic E-state index is 0.00236. The van der Waals surface area contributed by atoms with E-state index in [2.05, 4.69) is 9.97 Å². The molecular weight excluding hydrogens is 210 g/mol. The second-order valence-corrected chi connectivity index (χ2v) is 3.85. The number of aliphatic hydroxyl groups excluding tert-OH is 1. The molecule has 1 atom stereocenters. The highest BCUT2D eigenvalue weighted by Gasteiger charge is 2.23. The Morgan fingerprint density at radius 3 is 3.00 bits per heavy atom. The third-order valence-electron chi connectivity index (χ3n) is 2.74. The van der Waals surface area contributed by atoms with Crippen LogP contribution in [-0.4, -0.2) is 45.8 Å². The van der Waals surface area contributed by atoms with Crippen molar-refractivity contribution in [2.24, 2.45) is 5.92 Å². The summed E-state index contributed by atoms with van der Waals surface area (Å²) < 4.78 is 0. The van der Waals surface area contributed by atoms with Crippen LogP contribution in [0.4, 0.5) is 5.82 Å². The van der Waals surface area contributed by atoms with Crippen molar-refractivity contribution in [3.8, 4) is 0 Å². The molecule has 6 heteroatoms. The molecule has 0 saturated carbocycles. The Morgan fingerprint density at radius 2 is 2.38 bits per heavy atom. The highest BCUT2D eigenvalue weighted by atomic mass is 16.4. The Bertz CT molecular complexity index is 397.